The molecule has 1 atom stereocenters. The van der Waals surface area contributed by atoms with E-state index in [2.05, 4.69) is 11.0 Å². The number of nitrogens with zero attached hydrogens (tertiary/aromatic N) is 2. The van der Waals surface area contributed by atoms with Crippen molar-refractivity contribution in [3.63, 3.8) is 0 Å². The average molecular weight is 275 g/mol. The van der Waals surface area contributed by atoms with E-state index in [0.29, 0.717) is 25.2 Å². The van der Waals surface area contributed by atoms with Crippen LogP contribution < -0.4 is 10.6 Å². The van der Waals surface area contributed by atoms with Gasteiger partial charge in [-0.15, -0.1) is 0 Å². The Morgan fingerprint density at radius 2 is 2.30 bits per heavy atom. The summed E-state index contributed by atoms with van der Waals surface area (Å²) >= 11 is 0. The molecule has 0 bridgehead atoms. The predicted octanol–water partition coefficient (Wildman–Crippen LogP) is 0.993. The van der Waals surface area contributed by atoms with Gasteiger partial charge in [0, 0.05) is 19.6 Å². The number of hydrogen-bond acceptors (Lipinski definition) is 5. The summed E-state index contributed by atoms with van der Waals surface area (Å²) in [7, 11) is 0. The van der Waals surface area contributed by atoms with E-state index in [1.807, 2.05) is 32.0 Å². The highest BCUT2D eigenvalue weighted by molar-refractivity contribution is 5.61. The topological polar surface area (TPSA) is 82.5 Å². The summed E-state index contributed by atoms with van der Waals surface area (Å²) in [5.41, 5.74) is 7.69. The zero-order valence-corrected chi connectivity index (χ0v) is 12.0. The molecular formula is C15H21N3O2. The Bertz CT molecular complexity index is 522. The lowest BCUT2D eigenvalue weighted by molar-refractivity contribution is -0.101. The van der Waals surface area contributed by atoms with Crippen LogP contribution in [0.1, 0.15) is 25.0 Å². The summed E-state index contributed by atoms with van der Waals surface area (Å²) in [5.74, 6) is 0. The van der Waals surface area contributed by atoms with E-state index in [-0.39, 0.29) is 18.3 Å². The molecule has 0 aliphatic carbocycles. The monoisotopic (exact) mass is 275 g/mol. The van der Waals surface area contributed by atoms with Gasteiger partial charge in [-0.05, 0) is 31.5 Å². The second-order valence-electron chi connectivity index (χ2n) is 5.73. The molecule has 20 heavy (non-hydrogen) atoms. The van der Waals surface area contributed by atoms with Crippen LogP contribution in [0, 0.1) is 11.3 Å². The Morgan fingerprint density at radius 3 is 2.90 bits per heavy atom. The van der Waals surface area contributed by atoms with Gasteiger partial charge in [0.25, 0.3) is 0 Å². The highest BCUT2D eigenvalue weighted by Crippen LogP contribution is 2.28. The highest BCUT2D eigenvalue weighted by atomic mass is 16.5. The summed E-state index contributed by atoms with van der Waals surface area (Å²) in [4.78, 5) is 2.10. The summed E-state index contributed by atoms with van der Waals surface area (Å²) < 4.78 is 5.80. The maximum Gasteiger partial charge on any atom is 0.101 e. The number of benzene rings is 1. The number of rotatable bonds is 3. The molecule has 5 nitrogen and oxygen atoms in total. The Balaban J connectivity index is 2.33. The van der Waals surface area contributed by atoms with Gasteiger partial charge in [0.2, 0.25) is 0 Å². The Morgan fingerprint density at radius 1 is 1.55 bits per heavy atom. The first-order valence-corrected chi connectivity index (χ1v) is 6.76. The molecule has 1 unspecified atom stereocenters. The van der Waals surface area contributed by atoms with Crippen LogP contribution in [0.2, 0.25) is 0 Å². The molecule has 0 saturated carbocycles. The zero-order valence-electron chi connectivity index (χ0n) is 12.0. The molecule has 1 heterocycles. The molecule has 5 heteroatoms. The third kappa shape index (κ3) is 3.10. The number of aliphatic hydroxyl groups is 1. The fraction of sp³-hybridized carbons (Fsp3) is 0.533. The first-order valence-electron chi connectivity index (χ1n) is 6.76. The number of anilines is 1. The number of aliphatic hydroxyl groups excluding tert-OH is 1. The SMILES string of the molecule is CC1(C)CN(c2ccc(CN)cc2C#N)CC(CO)O1. The van der Waals surface area contributed by atoms with E-state index in [0.717, 1.165) is 11.3 Å². The molecule has 1 aromatic carbocycles. The number of hydrogen-bond donors (Lipinski definition) is 2. The molecule has 1 aromatic rings. The first-order chi connectivity index (χ1) is 9.49. The van der Waals surface area contributed by atoms with Crippen molar-refractivity contribution in [2.24, 2.45) is 5.73 Å². The van der Waals surface area contributed by atoms with Crippen LogP contribution in [0.15, 0.2) is 18.2 Å². The van der Waals surface area contributed by atoms with Crippen molar-refractivity contribution in [3.8, 4) is 6.07 Å². The van der Waals surface area contributed by atoms with Gasteiger partial charge < -0.3 is 20.5 Å². The number of ether oxygens (including phenoxy) is 1. The van der Waals surface area contributed by atoms with Crippen LogP contribution in [-0.2, 0) is 11.3 Å². The normalized spacial score (nSPS) is 21.6. The average Bonchev–Trinajstić information content (AvgIpc) is 2.44. The molecular weight excluding hydrogens is 254 g/mol. The van der Waals surface area contributed by atoms with Crippen LogP contribution in [0.5, 0.6) is 0 Å². The van der Waals surface area contributed by atoms with Crippen molar-refractivity contribution in [2.45, 2.75) is 32.1 Å². The predicted molar refractivity (Wildman–Crippen MR) is 77.3 cm³/mol. The summed E-state index contributed by atoms with van der Waals surface area (Å²) in [6, 6.07) is 7.92. The van der Waals surface area contributed by atoms with Crippen molar-refractivity contribution in [2.75, 3.05) is 24.6 Å². The standard InChI is InChI=1S/C15H21N3O2/c1-15(2)10-18(8-13(9-19)20-15)14-4-3-11(6-16)5-12(14)7-17/h3-5,13,19H,6,8-10,16H2,1-2H3. The van der Waals surface area contributed by atoms with Gasteiger partial charge >= 0.3 is 0 Å². The molecule has 1 fully saturated rings. The van der Waals surface area contributed by atoms with Crippen LogP contribution in [0.4, 0.5) is 5.69 Å². The molecule has 1 saturated heterocycles. The van der Waals surface area contributed by atoms with Crippen LogP contribution in [0.25, 0.3) is 0 Å². The molecule has 1 aliphatic rings. The fourth-order valence-electron chi connectivity index (χ4n) is 2.65. The van der Waals surface area contributed by atoms with E-state index in [9.17, 15) is 10.4 Å². The minimum Gasteiger partial charge on any atom is -0.394 e. The molecule has 0 radical (unpaired) electrons. The third-order valence-corrected chi connectivity index (χ3v) is 3.44. The van der Waals surface area contributed by atoms with Crippen molar-refractivity contribution < 1.29 is 9.84 Å². The van der Waals surface area contributed by atoms with Gasteiger partial charge in [0.15, 0.2) is 0 Å². The number of nitriles is 1. The van der Waals surface area contributed by atoms with E-state index in [4.69, 9.17) is 10.5 Å². The lowest BCUT2D eigenvalue weighted by Gasteiger charge is -2.43. The second-order valence-corrected chi connectivity index (χ2v) is 5.73. The maximum atomic E-state index is 9.36. The molecule has 0 aromatic heterocycles. The quantitative estimate of drug-likeness (QED) is 0.859. The van der Waals surface area contributed by atoms with Gasteiger partial charge in [-0.25, -0.2) is 0 Å². The zero-order chi connectivity index (χ0) is 14.8. The number of morpholine rings is 1. The molecule has 2 rings (SSSR count). The summed E-state index contributed by atoms with van der Waals surface area (Å²) in [6.45, 7) is 5.63. The minimum atomic E-state index is -0.356. The lowest BCUT2D eigenvalue weighted by Crippen LogP contribution is -2.54. The first kappa shape index (κ1) is 14.8. The maximum absolute atomic E-state index is 9.36. The molecule has 0 amide bonds. The summed E-state index contributed by atoms with van der Waals surface area (Å²) in [5, 5.41) is 18.7. The largest absolute Gasteiger partial charge is 0.394 e. The van der Waals surface area contributed by atoms with Gasteiger partial charge in [0.1, 0.15) is 6.07 Å². The van der Waals surface area contributed by atoms with E-state index < -0.39 is 0 Å². The van der Waals surface area contributed by atoms with Crippen molar-refractivity contribution >= 4 is 5.69 Å². The smallest absolute Gasteiger partial charge is 0.101 e. The van der Waals surface area contributed by atoms with Gasteiger partial charge in [-0.3, -0.25) is 0 Å². The lowest BCUT2D eigenvalue weighted by atomic mass is 10.0. The Kier molecular flexibility index (Phi) is 4.29. The molecule has 108 valence electrons. The van der Waals surface area contributed by atoms with Crippen LogP contribution in [-0.4, -0.2) is 36.5 Å². The highest BCUT2D eigenvalue weighted by Gasteiger charge is 2.33. The number of nitrogens with two attached hydrogens (primary N) is 1. The minimum absolute atomic E-state index is 0.0251. The van der Waals surface area contributed by atoms with Gasteiger partial charge in [-0.1, -0.05) is 6.07 Å². The van der Waals surface area contributed by atoms with Gasteiger partial charge in [-0.2, -0.15) is 5.26 Å². The van der Waals surface area contributed by atoms with Crippen LogP contribution in [0.3, 0.4) is 0 Å². The molecule has 3 N–H and O–H groups in total. The fourth-order valence-corrected chi connectivity index (χ4v) is 2.65. The van der Waals surface area contributed by atoms with Crippen molar-refractivity contribution in [1.29, 1.82) is 5.26 Å². The summed E-state index contributed by atoms with van der Waals surface area (Å²) in [6.07, 6.45) is -0.237. The third-order valence-electron chi connectivity index (χ3n) is 3.44. The van der Waals surface area contributed by atoms with Gasteiger partial charge in [0.05, 0.1) is 29.6 Å². The Labute approximate surface area is 119 Å². The second kappa shape index (κ2) is 5.80. The van der Waals surface area contributed by atoms with Crippen molar-refractivity contribution in [1.82, 2.24) is 0 Å². The van der Waals surface area contributed by atoms with Crippen molar-refractivity contribution in [3.05, 3.63) is 29.3 Å². The molecule has 1 aliphatic heterocycles. The van der Waals surface area contributed by atoms with E-state index in [1.54, 1.807) is 0 Å². The van der Waals surface area contributed by atoms with E-state index in [1.165, 1.54) is 0 Å². The Hall–Kier alpha value is -1.61. The molecule has 0 spiro atoms. The van der Waals surface area contributed by atoms with Crippen LogP contribution >= 0.6 is 0 Å². The van der Waals surface area contributed by atoms with E-state index >= 15 is 0 Å².